The Balaban J connectivity index is 2.00. The Morgan fingerprint density at radius 1 is 1.37 bits per heavy atom. The van der Waals surface area contributed by atoms with Gasteiger partial charge in [-0.15, -0.1) is 0 Å². The molecule has 0 aromatic carbocycles. The van der Waals surface area contributed by atoms with Gasteiger partial charge in [-0.2, -0.15) is 0 Å². The van der Waals surface area contributed by atoms with Crippen LogP contribution in [0.1, 0.15) is 25.0 Å². The van der Waals surface area contributed by atoms with Gasteiger partial charge in [-0.1, -0.05) is 11.6 Å². The molecule has 0 saturated heterocycles. The van der Waals surface area contributed by atoms with Gasteiger partial charge in [0, 0.05) is 5.92 Å². The van der Waals surface area contributed by atoms with Gasteiger partial charge in [-0.25, -0.2) is 4.98 Å². The monoisotopic (exact) mass is 282 g/mol. The lowest BCUT2D eigenvalue weighted by molar-refractivity contribution is -0.141. The lowest BCUT2D eigenvalue weighted by atomic mass is 10.0. The number of halogens is 1. The third-order valence-corrected chi connectivity index (χ3v) is 3.67. The second kappa shape index (κ2) is 5.57. The summed E-state index contributed by atoms with van der Waals surface area (Å²) in [6, 6.07) is 3.31. The number of nitrogens with one attached hydrogen (secondary N) is 1. The molecule has 0 bridgehead atoms. The smallest absolute Gasteiger partial charge is 0.306 e. The number of hydrogen-bond acceptors (Lipinski definition) is 3. The van der Waals surface area contributed by atoms with E-state index in [-0.39, 0.29) is 11.8 Å². The topological polar surface area (TPSA) is 79.3 Å². The second-order valence-corrected chi connectivity index (χ2v) is 5.19. The van der Waals surface area contributed by atoms with Gasteiger partial charge < -0.3 is 10.4 Å². The number of aryl methyl sites for hydroxylation is 1. The van der Waals surface area contributed by atoms with Crippen molar-refractivity contribution in [1.82, 2.24) is 4.98 Å². The average molecular weight is 283 g/mol. The maximum Gasteiger partial charge on any atom is 0.306 e. The van der Waals surface area contributed by atoms with Gasteiger partial charge in [-0.3, -0.25) is 9.59 Å². The van der Waals surface area contributed by atoms with E-state index in [0.717, 1.165) is 0 Å². The Bertz CT molecular complexity index is 519. The molecule has 2 unspecified atom stereocenters. The van der Waals surface area contributed by atoms with Crippen molar-refractivity contribution in [1.29, 1.82) is 0 Å². The highest BCUT2D eigenvalue weighted by atomic mass is 35.5. The molecule has 1 fully saturated rings. The highest BCUT2D eigenvalue weighted by Crippen LogP contribution is 2.32. The van der Waals surface area contributed by atoms with Crippen LogP contribution >= 0.6 is 11.6 Å². The van der Waals surface area contributed by atoms with Crippen LogP contribution in [0, 0.1) is 18.8 Å². The maximum atomic E-state index is 12.1. The lowest BCUT2D eigenvalue weighted by Crippen LogP contribution is -2.22. The fraction of sp³-hybridized carbons (Fsp3) is 0.462. The third-order valence-electron chi connectivity index (χ3n) is 3.46. The molecule has 1 amide bonds. The Hall–Kier alpha value is -1.62. The molecular weight excluding hydrogens is 268 g/mol. The summed E-state index contributed by atoms with van der Waals surface area (Å²) < 4.78 is 0. The van der Waals surface area contributed by atoms with Crippen molar-refractivity contribution >= 4 is 29.2 Å². The molecule has 2 rings (SSSR count). The molecule has 0 radical (unpaired) electrons. The number of anilines is 1. The number of carbonyl (C=O) groups is 2. The van der Waals surface area contributed by atoms with Crippen LogP contribution in [0.5, 0.6) is 0 Å². The van der Waals surface area contributed by atoms with Crippen molar-refractivity contribution in [3.8, 4) is 0 Å². The Kier molecular flexibility index (Phi) is 4.04. The Labute approximate surface area is 116 Å². The van der Waals surface area contributed by atoms with E-state index in [0.29, 0.717) is 35.8 Å². The molecule has 1 aliphatic carbocycles. The normalized spacial score (nSPS) is 22.2. The van der Waals surface area contributed by atoms with Gasteiger partial charge >= 0.3 is 5.97 Å². The number of carboxylic acid groups (broad SMARTS) is 1. The van der Waals surface area contributed by atoms with Gasteiger partial charge in [0.05, 0.1) is 17.3 Å². The molecule has 2 N–H and O–H groups in total. The predicted molar refractivity (Wildman–Crippen MR) is 71.1 cm³/mol. The molecule has 1 aliphatic rings. The summed E-state index contributed by atoms with van der Waals surface area (Å²) in [5, 5.41) is 12.1. The van der Waals surface area contributed by atoms with Gasteiger partial charge in [0.15, 0.2) is 0 Å². The van der Waals surface area contributed by atoms with E-state index in [1.807, 2.05) is 0 Å². The summed E-state index contributed by atoms with van der Waals surface area (Å²) >= 11 is 5.75. The van der Waals surface area contributed by atoms with Gasteiger partial charge in [-0.05, 0) is 38.3 Å². The largest absolute Gasteiger partial charge is 0.481 e. The minimum atomic E-state index is -0.820. The molecule has 19 heavy (non-hydrogen) atoms. The second-order valence-electron chi connectivity index (χ2n) is 4.80. The zero-order valence-electron chi connectivity index (χ0n) is 10.5. The number of rotatable bonds is 3. The summed E-state index contributed by atoms with van der Waals surface area (Å²) in [7, 11) is 0. The van der Waals surface area contributed by atoms with Gasteiger partial charge in [0.2, 0.25) is 5.91 Å². The fourth-order valence-electron chi connectivity index (χ4n) is 2.34. The van der Waals surface area contributed by atoms with Crippen molar-refractivity contribution in [3.05, 3.63) is 23.0 Å². The lowest BCUT2D eigenvalue weighted by Gasteiger charge is -2.12. The molecule has 2 atom stereocenters. The number of carbonyl (C=O) groups excluding carboxylic acids is 1. The summed E-state index contributed by atoms with van der Waals surface area (Å²) in [6.07, 6.45) is 1.58. The van der Waals surface area contributed by atoms with Crippen molar-refractivity contribution in [2.45, 2.75) is 26.2 Å². The van der Waals surface area contributed by atoms with Crippen molar-refractivity contribution in [2.75, 3.05) is 5.32 Å². The fourth-order valence-corrected chi connectivity index (χ4v) is 2.53. The summed E-state index contributed by atoms with van der Waals surface area (Å²) in [5.41, 5.74) is 1.27. The van der Waals surface area contributed by atoms with E-state index in [4.69, 9.17) is 16.7 Å². The van der Waals surface area contributed by atoms with Crippen LogP contribution in [0.25, 0.3) is 0 Å². The van der Waals surface area contributed by atoms with E-state index in [1.165, 1.54) is 0 Å². The SMILES string of the molecule is Cc1nc(Cl)ccc1NC(=O)C1CCC(C(=O)O)C1. The minimum Gasteiger partial charge on any atom is -0.481 e. The zero-order valence-corrected chi connectivity index (χ0v) is 11.3. The number of pyridine rings is 1. The van der Waals surface area contributed by atoms with Gasteiger partial charge in [0.1, 0.15) is 5.15 Å². The third kappa shape index (κ3) is 3.23. The molecular formula is C13H15ClN2O3. The van der Waals surface area contributed by atoms with Crippen LogP contribution < -0.4 is 5.32 Å². The van der Waals surface area contributed by atoms with Gasteiger partial charge in [0.25, 0.3) is 0 Å². The van der Waals surface area contributed by atoms with Crippen LogP contribution in [0.3, 0.4) is 0 Å². The van der Waals surface area contributed by atoms with Crippen molar-refractivity contribution < 1.29 is 14.7 Å². The van der Waals surface area contributed by atoms with Crippen LogP contribution in [-0.2, 0) is 9.59 Å². The summed E-state index contributed by atoms with van der Waals surface area (Å²) in [5.74, 6) is -1.60. The number of hydrogen-bond donors (Lipinski definition) is 2. The van der Waals surface area contributed by atoms with E-state index < -0.39 is 11.9 Å². The predicted octanol–water partition coefficient (Wildman–Crippen LogP) is 2.48. The number of amides is 1. The number of carboxylic acids is 1. The van der Waals surface area contributed by atoms with Crippen molar-refractivity contribution in [2.24, 2.45) is 11.8 Å². The number of nitrogens with zero attached hydrogens (tertiary/aromatic N) is 1. The zero-order chi connectivity index (χ0) is 14.0. The summed E-state index contributed by atoms with van der Waals surface area (Å²) in [4.78, 5) is 27.0. The van der Waals surface area contributed by atoms with E-state index in [1.54, 1.807) is 19.1 Å². The highest BCUT2D eigenvalue weighted by Gasteiger charge is 2.33. The first-order valence-corrected chi connectivity index (χ1v) is 6.52. The Morgan fingerprint density at radius 3 is 2.63 bits per heavy atom. The maximum absolute atomic E-state index is 12.1. The molecule has 0 aliphatic heterocycles. The molecule has 1 aromatic heterocycles. The average Bonchev–Trinajstić information content (AvgIpc) is 2.82. The van der Waals surface area contributed by atoms with E-state index in [2.05, 4.69) is 10.3 Å². The van der Waals surface area contributed by atoms with Crippen LogP contribution in [-0.4, -0.2) is 22.0 Å². The summed E-state index contributed by atoms with van der Waals surface area (Å²) in [6.45, 7) is 1.76. The first kappa shape index (κ1) is 13.8. The van der Waals surface area contributed by atoms with Crippen LogP contribution in [0.2, 0.25) is 5.15 Å². The molecule has 102 valence electrons. The minimum absolute atomic E-state index is 0.143. The first-order valence-electron chi connectivity index (χ1n) is 6.14. The highest BCUT2D eigenvalue weighted by molar-refractivity contribution is 6.29. The Morgan fingerprint density at radius 2 is 2.05 bits per heavy atom. The van der Waals surface area contributed by atoms with E-state index >= 15 is 0 Å². The van der Waals surface area contributed by atoms with E-state index in [9.17, 15) is 9.59 Å². The molecule has 1 saturated carbocycles. The van der Waals surface area contributed by atoms with Crippen molar-refractivity contribution in [3.63, 3.8) is 0 Å². The molecule has 6 heteroatoms. The number of aromatic nitrogens is 1. The standard InChI is InChI=1S/C13H15ClN2O3/c1-7-10(4-5-11(14)15-7)16-12(17)8-2-3-9(6-8)13(18)19/h4-5,8-9H,2-3,6H2,1H3,(H,16,17)(H,18,19). The molecule has 5 nitrogen and oxygen atoms in total. The number of aliphatic carboxylic acids is 1. The quantitative estimate of drug-likeness (QED) is 0.835. The molecule has 0 spiro atoms. The molecule has 1 heterocycles. The van der Waals surface area contributed by atoms with Crippen LogP contribution in [0.4, 0.5) is 5.69 Å². The molecule has 1 aromatic rings. The van der Waals surface area contributed by atoms with Crippen LogP contribution in [0.15, 0.2) is 12.1 Å². The first-order chi connectivity index (χ1) is 8.97.